The van der Waals surface area contributed by atoms with Crippen LogP contribution in [0.5, 0.6) is 0 Å². The van der Waals surface area contributed by atoms with Crippen LogP contribution in [0.1, 0.15) is 47.2 Å². The summed E-state index contributed by atoms with van der Waals surface area (Å²) in [5.41, 5.74) is 0.944. The molecule has 0 saturated heterocycles. The number of hydrogen-bond donors (Lipinski definition) is 0. The topological polar surface area (TPSA) is 17.1 Å². The fourth-order valence-corrected chi connectivity index (χ4v) is 2.20. The lowest BCUT2D eigenvalue weighted by molar-refractivity contribution is 0.0965. The lowest BCUT2D eigenvalue weighted by atomic mass is 9.80. The van der Waals surface area contributed by atoms with Crippen LogP contribution in [0.25, 0.3) is 0 Å². The second-order valence-electron chi connectivity index (χ2n) is 4.12. The van der Waals surface area contributed by atoms with Crippen molar-refractivity contribution in [3.05, 3.63) is 34.4 Å². The van der Waals surface area contributed by atoms with Crippen LogP contribution in [0.4, 0.5) is 8.78 Å². The Morgan fingerprint density at radius 3 is 2.67 bits per heavy atom. The summed E-state index contributed by atoms with van der Waals surface area (Å²) in [6, 6.07) is 0.878. The van der Waals surface area contributed by atoms with Gasteiger partial charge >= 0.3 is 0 Å². The van der Waals surface area contributed by atoms with Crippen molar-refractivity contribution in [2.45, 2.75) is 32.6 Å². The molecule has 0 aromatic heterocycles. The van der Waals surface area contributed by atoms with Crippen LogP contribution >= 0.6 is 0 Å². The van der Waals surface area contributed by atoms with E-state index in [9.17, 15) is 13.6 Å². The third kappa shape index (κ3) is 1.46. The Kier molecular flexibility index (Phi) is 2.33. The second-order valence-corrected chi connectivity index (χ2v) is 4.12. The molecule has 0 heterocycles. The zero-order valence-corrected chi connectivity index (χ0v) is 8.73. The van der Waals surface area contributed by atoms with Crippen molar-refractivity contribution in [1.29, 1.82) is 0 Å². The summed E-state index contributed by atoms with van der Waals surface area (Å²) >= 11 is 0. The number of halogens is 2. The molecular formula is C12H12F2O. The van der Waals surface area contributed by atoms with Crippen molar-refractivity contribution in [3.63, 3.8) is 0 Å². The van der Waals surface area contributed by atoms with Crippen LogP contribution in [-0.4, -0.2) is 5.78 Å². The van der Waals surface area contributed by atoms with Gasteiger partial charge in [0.25, 0.3) is 0 Å². The van der Waals surface area contributed by atoms with Gasteiger partial charge in [0.15, 0.2) is 5.78 Å². The Balaban J connectivity index is 2.76. The zero-order valence-electron chi connectivity index (χ0n) is 8.73. The van der Waals surface area contributed by atoms with Gasteiger partial charge in [-0.25, -0.2) is 8.78 Å². The Morgan fingerprint density at radius 1 is 1.33 bits per heavy atom. The lowest BCUT2D eigenvalue weighted by Gasteiger charge is -2.23. The number of Topliss-reactive ketones (excluding diaryl/α,β-unsaturated/α-hetero) is 1. The average Bonchev–Trinajstić information content (AvgIpc) is 2.18. The molecular weight excluding hydrogens is 198 g/mol. The SMILES string of the molecule is Cc1c(F)cc(F)c2c1C(=O)CCC2C. The molecule has 3 heteroatoms. The highest BCUT2D eigenvalue weighted by Crippen LogP contribution is 2.35. The quantitative estimate of drug-likeness (QED) is 0.641. The minimum absolute atomic E-state index is 0.00278. The summed E-state index contributed by atoms with van der Waals surface area (Å²) in [6.45, 7) is 3.40. The molecule has 1 atom stereocenters. The lowest BCUT2D eigenvalue weighted by Crippen LogP contribution is -2.18. The maximum Gasteiger partial charge on any atom is 0.163 e. The Labute approximate surface area is 87.1 Å². The molecule has 1 unspecified atom stereocenters. The van der Waals surface area contributed by atoms with E-state index in [-0.39, 0.29) is 22.8 Å². The summed E-state index contributed by atoms with van der Waals surface area (Å²) in [7, 11) is 0. The van der Waals surface area contributed by atoms with Crippen LogP contribution in [0.15, 0.2) is 6.07 Å². The van der Waals surface area contributed by atoms with Gasteiger partial charge in [0, 0.05) is 23.6 Å². The summed E-state index contributed by atoms with van der Waals surface area (Å²) in [5.74, 6) is -1.36. The fourth-order valence-electron chi connectivity index (χ4n) is 2.20. The molecule has 1 aromatic carbocycles. The van der Waals surface area contributed by atoms with Crippen LogP contribution in [-0.2, 0) is 0 Å². The van der Waals surface area contributed by atoms with Crippen LogP contribution < -0.4 is 0 Å². The number of benzene rings is 1. The number of carbonyl (C=O) groups is 1. The Hall–Kier alpha value is -1.25. The highest BCUT2D eigenvalue weighted by molar-refractivity contribution is 6.00. The molecule has 0 amide bonds. The molecule has 15 heavy (non-hydrogen) atoms. The van der Waals surface area contributed by atoms with Gasteiger partial charge in [0.05, 0.1) is 0 Å². The third-order valence-corrected chi connectivity index (χ3v) is 3.09. The smallest absolute Gasteiger partial charge is 0.163 e. The maximum absolute atomic E-state index is 13.5. The van der Waals surface area contributed by atoms with E-state index in [1.54, 1.807) is 0 Å². The molecule has 80 valence electrons. The highest BCUT2D eigenvalue weighted by Gasteiger charge is 2.28. The minimum atomic E-state index is -0.631. The molecule has 0 radical (unpaired) electrons. The van der Waals surface area contributed by atoms with Crippen molar-refractivity contribution in [1.82, 2.24) is 0 Å². The number of ketones is 1. The van der Waals surface area contributed by atoms with E-state index in [2.05, 4.69) is 0 Å². The minimum Gasteiger partial charge on any atom is -0.294 e. The van der Waals surface area contributed by atoms with E-state index in [0.29, 0.717) is 18.4 Å². The normalized spacial score (nSPS) is 20.3. The largest absolute Gasteiger partial charge is 0.294 e. The molecule has 0 fully saturated rings. The molecule has 0 aliphatic heterocycles. The summed E-state index contributed by atoms with van der Waals surface area (Å²) in [5, 5.41) is 0. The van der Waals surface area contributed by atoms with Crippen LogP contribution in [0, 0.1) is 18.6 Å². The van der Waals surface area contributed by atoms with Crippen molar-refractivity contribution in [2.24, 2.45) is 0 Å². The van der Waals surface area contributed by atoms with Gasteiger partial charge in [0.2, 0.25) is 0 Å². The molecule has 0 spiro atoms. The Morgan fingerprint density at radius 2 is 2.00 bits per heavy atom. The Bertz CT molecular complexity index is 438. The third-order valence-electron chi connectivity index (χ3n) is 3.09. The fraction of sp³-hybridized carbons (Fsp3) is 0.417. The van der Waals surface area contributed by atoms with E-state index in [4.69, 9.17) is 0 Å². The molecule has 0 N–H and O–H groups in total. The van der Waals surface area contributed by atoms with Crippen molar-refractivity contribution in [2.75, 3.05) is 0 Å². The number of carbonyl (C=O) groups excluding carboxylic acids is 1. The van der Waals surface area contributed by atoms with E-state index in [1.807, 2.05) is 6.92 Å². The van der Waals surface area contributed by atoms with Crippen molar-refractivity contribution >= 4 is 5.78 Å². The zero-order chi connectivity index (χ0) is 11.2. The number of rotatable bonds is 0. The van der Waals surface area contributed by atoms with Gasteiger partial charge in [-0.2, -0.15) is 0 Å². The molecule has 2 rings (SSSR count). The first-order valence-corrected chi connectivity index (χ1v) is 5.04. The predicted octanol–water partition coefficient (Wildman–Crippen LogP) is 3.35. The number of hydrogen-bond acceptors (Lipinski definition) is 1. The molecule has 0 saturated carbocycles. The summed E-state index contributed by atoms with van der Waals surface area (Å²) in [6.07, 6.45) is 1.03. The van der Waals surface area contributed by atoms with E-state index in [1.165, 1.54) is 6.92 Å². The van der Waals surface area contributed by atoms with Gasteiger partial charge < -0.3 is 0 Å². The van der Waals surface area contributed by atoms with Crippen molar-refractivity contribution in [3.8, 4) is 0 Å². The van der Waals surface area contributed by atoms with E-state index >= 15 is 0 Å². The molecule has 1 aliphatic rings. The molecule has 0 bridgehead atoms. The first-order valence-electron chi connectivity index (χ1n) is 5.04. The average molecular weight is 210 g/mol. The standard InChI is InChI=1S/C12H12F2O/c1-6-3-4-10(15)12-7(2)8(13)5-9(14)11(6)12/h5-6H,3-4H2,1-2H3. The van der Waals surface area contributed by atoms with E-state index < -0.39 is 11.6 Å². The van der Waals surface area contributed by atoms with Gasteiger partial charge in [-0.05, 0) is 24.8 Å². The van der Waals surface area contributed by atoms with Gasteiger partial charge in [-0.3, -0.25) is 4.79 Å². The first-order chi connectivity index (χ1) is 7.02. The first kappa shape index (κ1) is 10.3. The van der Waals surface area contributed by atoms with Crippen molar-refractivity contribution < 1.29 is 13.6 Å². The molecule has 1 aromatic rings. The maximum atomic E-state index is 13.5. The second kappa shape index (κ2) is 3.40. The number of fused-ring (bicyclic) bond motifs is 1. The van der Waals surface area contributed by atoms with Gasteiger partial charge in [-0.1, -0.05) is 6.92 Å². The molecule has 1 aliphatic carbocycles. The monoisotopic (exact) mass is 210 g/mol. The predicted molar refractivity (Wildman–Crippen MR) is 53.1 cm³/mol. The van der Waals surface area contributed by atoms with Crippen LogP contribution in [0.2, 0.25) is 0 Å². The summed E-state index contributed by atoms with van der Waals surface area (Å²) in [4.78, 5) is 11.6. The van der Waals surface area contributed by atoms with Gasteiger partial charge in [0.1, 0.15) is 11.6 Å². The highest BCUT2D eigenvalue weighted by atomic mass is 19.1. The summed E-state index contributed by atoms with van der Waals surface area (Å²) < 4.78 is 26.8. The molecule has 1 nitrogen and oxygen atoms in total. The van der Waals surface area contributed by atoms with Crippen LogP contribution in [0.3, 0.4) is 0 Å². The van der Waals surface area contributed by atoms with Gasteiger partial charge in [-0.15, -0.1) is 0 Å². The van der Waals surface area contributed by atoms with E-state index in [0.717, 1.165) is 6.07 Å².